The summed E-state index contributed by atoms with van der Waals surface area (Å²) in [5, 5.41) is 8.16. The minimum Gasteiger partial charge on any atom is -0.481 e. The van der Waals surface area contributed by atoms with E-state index in [4.69, 9.17) is 10.8 Å². The van der Waals surface area contributed by atoms with Crippen LogP contribution in [0.4, 0.5) is 0 Å². The summed E-state index contributed by atoms with van der Waals surface area (Å²) in [5.41, 5.74) is 5.16. The van der Waals surface area contributed by atoms with Gasteiger partial charge >= 0.3 is 5.97 Å². The Morgan fingerprint density at radius 3 is 2.10 bits per heavy atom. The van der Waals surface area contributed by atoms with Crippen LogP contribution in [-0.4, -0.2) is 17.6 Å². The average Bonchev–Trinajstić information content (AvgIpc) is 1.91. The highest BCUT2D eigenvalue weighted by Gasteiger charge is 2.03. The molecule has 0 amide bonds. The molecule has 0 aromatic rings. The second-order valence-corrected chi connectivity index (χ2v) is 1.94. The predicted octanol–water partition coefficient (Wildman–Crippen LogP) is 1.08. The van der Waals surface area contributed by atoms with Gasteiger partial charge in [-0.2, -0.15) is 0 Å². The summed E-state index contributed by atoms with van der Waals surface area (Å²) in [6.07, 6.45) is 0.177. The van der Waals surface area contributed by atoms with E-state index in [2.05, 4.69) is 0 Å². The van der Waals surface area contributed by atoms with Gasteiger partial charge in [-0.05, 0) is 12.5 Å². The molecule has 3 N–H and O–H groups in total. The molecule has 3 heteroatoms. The lowest BCUT2D eigenvalue weighted by Crippen LogP contribution is -2.14. The van der Waals surface area contributed by atoms with Crippen LogP contribution in [0.2, 0.25) is 0 Å². The number of carboxylic acids is 1. The first-order valence-corrected chi connectivity index (χ1v) is 3.58. The molecule has 0 aliphatic rings. The Hall–Kier alpha value is -0.570. The molecule has 0 aromatic carbocycles. The van der Waals surface area contributed by atoms with Gasteiger partial charge in [0.15, 0.2) is 0 Å². The maximum atomic E-state index is 9.91. The first-order valence-electron chi connectivity index (χ1n) is 3.58. The zero-order valence-electron chi connectivity index (χ0n) is 6.92. The van der Waals surface area contributed by atoms with Gasteiger partial charge in [-0.15, -0.1) is 0 Å². The van der Waals surface area contributed by atoms with Gasteiger partial charge in [-0.25, -0.2) is 0 Å². The zero-order valence-corrected chi connectivity index (χ0v) is 6.92. The first-order chi connectivity index (χ1) is 4.66. The molecular weight excluding hydrogens is 130 g/mol. The molecule has 0 spiro atoms. The van der Waals surface area contributed by atoms with Gasteiger partial charge in [0.05, 0.1) is 0 Å². The molecule has 0 aliphatic carbocycles. The number of rotatable bonds is 3. The monoisotopic (exact) mass is 147 g/mol. The molecule has 62 valence electrons. The van der Waals surface area contributed by atoms with Crippen LogP contribution in [-0.2, 0) is 4.79 Å². The summed E-state index contributed by atoms with van der Waals surface area (Å²) in [6.45, 7) is 6.26. The standard InChI is InChI=1S/C5H11NO2.C2H6/c1-4(3-6)2-5(7)8;1-2/h4H,2-3,6H2,1H3,(H,7,8);1-2H3. The van der Waals surface area contributed by atoms with Crippen molar-refractivity contribution in [2.45, 2.75) is 27.2 Å². The van der Waals surface area contributed by atoms with Crippen LogP contribution in [0.1, 0.15) is 27.2 Å². The van der Waals surface area contributed by atoms with Crippen LogP contribution < -0.4 is 5.73 Å². The molecule has 0 rings (SSSR count). The Balaban J connectivity index is 0. The van der Waals surface area contributed by atoms with Crippen molar-refractivity contribution < 1.29 is 9.90 Å². The minimum atomic E-state index is -0.775. The van der Waals surface area contributed by atoms with Crippen molar-refractivity contribution in [3.63, 3.8) is 0 Å². The molecule has 1 unspecified atom stereocenters. The molecule has 0 aliphatic heterocycles. The topological polar surface area (TPSA) is 63.3 Å². The van der Waals surface area contributed by atoms with Crippen molar-refractivity contribution >= 4 is 5.97 Å². The lowest BCUT2D eigenvalue weighted by atomic mass is 10.1. The molecule has 0 aromatic heterocycles. The fourth-order valence-corrected chi connectivity index (χ4v) is 0.381. The van der Waals surface area contributed by atoms with Crippen molar-refractivity contribution in [3.8, 4) is 0 Å². The fraction of sp³-hybridized carbons (Fsp3) is 0.857. The molecule has 0 saturated carbocycles. The van der Waals surface area contributed by atoms with Gasteiger partial charge in [0.1, 0.15) is 0 Å². The van der Waals surface area contributed by atoms with Gasteiger partial charge in [-0.1, -0.05) is 20.8 Å². The summed E-state index contributed by atoms with van der Waals surface area (Å²) in [6, 6.07) is 0. The van der Waals surface area contributed by atoms with E-state index < -0.39 is 5.97 Å². The second kappa shape index (κ2) is 8.43. The highest BCUT2D eigenvalue weighted by molar-refractivity contribution is 5.66. The Morgan fingerprint density at radius 2 is 2.00 bits per heavy atom. The summed E-state index contributed by atoms with van der Waals surface area (Å²) in [7, 11) is 0. The SMILES string of the molecule is CC.CC(CN)CC(=O)O. The van der Waals surface area contributed by atoms with Gasteiger partial charge < -0.3 is 10.8 Å². The smallest absolute Gasteiger partial charge is 0.303 e. The predicted molar refractivity (Wildman–Crippen MR) is 41.8 cm³/mol. The minimum absolute atomic E-state index is 0.104. The molecule has 10 heavy (non-hydrogen) atoms. The van der Waals surface area contributed by atoms with Gasteiger partial charge in [0.25, 0.3) is 0 Å². The van der Waals surface area contributed by atoms with Gasteiger partial charge in [-0.3, -0.25) is 4.79 Å². The van der Waals surface area contributed by atoms with Crippen LogP contribution in [0, 0.1) is 5.92 Å². The molecular formula is C7H17NO2. The number of aliphatic carboxylic acids is 1. The third kappa shape index (κ3) is 10.4. The highest BCUT2D eigenvalue weighted by atomic mass is 16.4. The van der Waals surface area contributed by atoms with E-state index in [-0.39, 0.29) is 12.3 Å². The molecule has 1 atom stereocenters. The fourth-order valence-electron chi connectivity index (χ4n) is 0.381. The van der Waals surface area contributed by atoms with Gasteiger partial charge in [0.2, 0.25) is 0 Å². The van der Waals surface area contributed by atoms with E-state index in [0.29, 0.717) is 6.54 Å². The summed E-state index contributed by atoms with van der Waals surface area (Å²) < 4.78 is 0. The number of hydrogen-bond acceptors (Lipinski definition) is 2. The van der Waals surface area contributed by atoms with Crippen molar-refractivity contribution in [1.82, 2.24) is 0 Å². The molecule has 0 radical (unpaired) electrons. The van der Waals surface area contributed by atoms with E-state index in [1.807, 2.05) is 20.8 Å². The van der Waals surface area contributed by atoms with E-state index in [9.17, 15) is 4.79 Å². The number of hydrogen-bond donors (Lipinski definition) is 2. The Labute approximate surface area is 62.2 Å². The first kappa shape index (κ1) is 12.1. The van der Waals surface area contributed by atoms with E-state index >= 15 is 0 Å². The summed E-state index contributed by atoms with van der Waals surface area (Å²) in [4.78, 5) is 9.91. The normalized spacial score (nSPS) is 11.2. The summed E-state index contributed by atoms with van der Waals surface area (Å²) in [5.74, 6) is -0.671. The average molecular weight is 147 g/mol. The Morgan fingerprint density at radius 1 is 1.60 bits per heavy atom. The van der Waals surface area contributed by atoms with Crippen LogP contribution in [0.15, 0.2) is 0 Å². The number of carbonyl (C=O) groups is 1. The van der Waals surface area contributed by atoms with E-state index in [1.165, 1.54) is 0 Å². The van der Waals surface area contributed by atoms with E-state index in [1.54, 1.807) is 0 Å². The quantitative estimate of drug-likeness (QED) is 0.628. The number of nitrogens with two attached hydrogens (primary N) is 1. The maximum Gasteiger partial charge on any atom is 0.303 e. The van der Waals surface area contributed by atoms with Crippen molar-refractivity contribution in [1.29, 1.82) is 0 Å². The second-order valence-electron chi connectivity index (χ2n) is 1.94. The largest absolute Gasteiger partial charge is 0.481 e. The summed E-state index contributed by atoms with van der Waals surface area (Å²) >= 11 is 0. The van der Waals surface area contributed by atoms with Gasteiger partial charge in [0, 0.05) is 6.42 Å². The van der Waals surface area contributed by atoms with E-state index in [0.717, 1.165) is 0 Å². The van der Waals surface area contributed by atoms with Crippen LogP contribution in [0.5, 0.6) is 0 Å². The third-order valence-corrected chi connectivity index (χ3v) is 0.925. The molecule has 0 bridgehead atoms. The zero-order chi connectivity index (χ0) is 8.57. The van der Waals surface area contributed by atoms with Crippen molar-refractivity contribution in [2.24, 2.45) is 11.7 Å². The highest BCUT2D eigenvalue weighted by Crippen LogP contribution is 1.96. The Kier molecular flexibility index (Phi) is 10.2. The Bertz CT molecular complexity index is 83.7. The molecule has 0 heterocycles. The van der Waals surface area contributed by atoms with Crippen LogP contribution in [0.25, 0.3) is 0 Å². The molecule has 3 nitrogen and oxygen atoms in total. The van der Waals surface area contributed by atoms with Crippen LogP contribution >= 0.6 is 0 Å². The van der Waals surface area contributed by atoms with Crippen molar-refractivity contribution in [2.75, 3.05) is 6.54 Å². The maximum absolute atomic E-state index is 9.91. The van der Waals surface area contributed by atoms with Crippen LogP contribution in [0.3, 0.4) is 0 Å². The lowest BCUT2D eigenvalue weighted by Gasteiger charge is -2.00. The number of carboxylic acid groups (broad SMARTS) is 1. The lowest BCUT2D eigenvalue weighted by molar-refractivity contribution is -0.137. The van der Waals surface area contributed by atoms with Crippen molar-refractivity contribution in [3.05, 3.63) is 0 Å². The molecule has 0 saturated heterocycles. The third-order valence-electron chi connectivity index (χ3n) is 0.925. The molecule has 0 fully saturated rings.